The first-order chi connectivity index (χ1) is 28.6. The van der Waals surface area contributed by atoms with E-state index < -0.39 is 5.60 Å². The average molecular weight is 831 g/mol. The van der Waals surface area contributed by atoms with E-state index in [9.17, 15) is 14.4 Å². The van der Waals surface area contributed by atoms with Crippen LogP contribution < -0.4 is 25.8 Å². The fourth-order valence-electron chi connectivity index (χ4n) is 6.47. The molecular weight excluding hydrogens is 785 g/mol. The van der Waals surface area contributed by atoms with Crippen LogP contribution in [0.1, 0.15) is 40.4 Å². The first-order valence-corrected chi connectivity index (χ1v) is 21.1. The zero-order valence-corrected chi connectivity index (χ0v) is 34.8. The maximum Gasteiger partial charge on any atom is 0.410 e. The number of ether oxygens (including phenoxy) is 1. The van der Waals surface area contributed by atoms with Crippen LogP contribution in [0.25, 0.3) is 22.5 Å². The van der Waals surface area contributed by atoms with Crippen molar-refractivity contribution in [1.82, 2.24) is 30.2 Å². The quantitative estimate of drug-likeness (QED) is 0.141. The van der Waals surface area contributed by atoms with Crippen molar-refractivity contribution in [2.45, 2.75) is 26.4 Å². The van der Waals surface area contributed by atoms with Crippen molar-refractivity contribution in [3.63, 3.8) is 0 Å². The van der Waals surface area contributed by atoms with E-state index in [1.54, 1.807) is 29.7 Å². The van der Waals surface area contributed by atoms with Gasteiger partial charge in [0.05, 0.1) is 46.5 Å². The zero-order valence-electron chi connectivity index (χ0n) is 33.1. The molecule has 59 heavy (non-hydrogen) atoms. The Morgan fingerprint density at radius 3 is 1.56 bits per heavy atom. The maximum absolute atomic E-state index is 12.9. The molecule has 0 atom stereocenters. The number of amides is 3. The molecule has 2 aliphatic rings. The van der Waals surface area contributed by atoms with E-state index in [-0.39, 0.29) is 17.9 Å². The van der Waals surface area contributed by atoms with Crippen LogP contribution in [0.3, 0.4) is 0 Å². The molecule has 0 spiro atoms. The second kappa shape index (κ2) is 19.0. The number of nitrogens with one attached hydrogen (secondary N) is 3. The molecule has 0 radical (unpaired) electrons. The number of anilines is 4. The number of hydrogen-bond acceptors (Lipinski definition) is 13. The van der Waals surface area contributed by atoms with Crippen molar-refractivity contribution in [1.29, 1.82) is 0 Å². The third-order valence-electron chi connectivity index (χ3n) is 9.36. The number of thiazole rings is 2. The fraction of sp³-hybridized carbons (Fsp3) is 0.279. The molecule has 0 unspecified atom stereocenters. The normalized spacial score (nSPS) is 14.2. The average Bonchev–Trinajstić information content (AvgIpc) is 3.97. The van der Waals surface area contributed by atoms with Crippen LogP contribution in [0, 0.1) is 0 Å². The Morgan fingerprint density at radius 1 is 0.644 bits per heavy atom. The van der Waals surface area contributed by atoms with E-state index in [4.69, 9.17) is 4.74 Å². The standard InChI is InChI=1S/C24H27N5O3S.C19H19N5OS/c1-24(2,3)32-23(31)29-13-11-28(12-14-29)20-9-10-25-15-18(20)26-21(30)22-27-19(16-33-22)17-7-5-4-6-8-17;25-18(19-23-16(13-26-19)14-4-2-1-3-5-14)22-15-12-21-7-6-17(15)24-10-8-20-9-11-24/h4-10,15-16H,11-14H2,1-3H3,(H,26,30);1-7,12-13,20H,8-11H2,(H,22,25). The molecule has 6 aromatic rings. The van der Waals surface area contributed by atoms with Gasteiger partial charge in [0.25, 0.3) is 11.8 Å². The van der Waals surface area contributed by atoms with Crippen molar-refractivity contribution >= 4 is 63.3 Å². The second-order valence-electron chi connectivity index (χ2n) is 14.7. The number of nitrogens with zero attached hydrogens (tertiary/aromatic N) is 7. The molecule has 0 bridgehead atoms. The highest BCUT2D eigenvalue weighted by molar-refractivity contribution is 7.12. The van der Waals surface area contributed by atoms with Gasteiger partial charge >= 0.3 is 6.09 Å². The van der Waals surface area contributed by atoms with E-state index >= 15 is 0 Å². The van der Waals surface area contributed by atoms with Gasteiger partial charge in [-0.2, -0.15) is 0 Å². The van der Waals surface area contributed by atoms with E-state index in [1.807, 2.05) is 104 Å². The van der Waals surface area contributed by atoms with Gasteiger partial charge in [-0.15, -0.1) is 22.7 Å². The van der Waals surface area contributed by atoms with Crippen LogP contribution in [-0.4, -0.2) is 101 Å². The van der Waals surface area contributed by atoms with E-state index in [2.05, 4.69) is 45.7 Å². The van der Waals surface area contributed by atoms with Crippen LogP contribution in [0.2, 0.25) is 0 Å². The minimum absolute atomic E-state index is 0.207. The van der Waals surface area contributed by atoms with Gasteiger partial charge in [0.15, 0.2) is 10.0 Å². The summed E-state index contributed by atoms with van der Waals surface area (Å²) in [6, 6.07) is 23.4. The summed E-state index contributed by atoms with van der Waals surface area (Å²) in [7, 11) is 0. The van der Waals surface area contributed by atoms with Gasteiger partial charge < -0.3 is 35.4 Å². The van der Waals surface area contributed by atoms with Crippen LogP contribution in [0.15, 0.2) is 108 Å². The van der Waals surface area contributed by atoms with E-state index in [1.165, 1.54) is 22.7 Å². The highest BCUT2D eigenvalue weighted by atomic mass is 32.1. The Labute approximate surface area is 351 Å². The molecule has 8 rings (SSSR count). The summed E-state index contributed by atoms with van der Waals surface area (Å²) in [6.45, 7) is 11.6. The number of rotatable bonds is 8. The maximum atomic E-state index is 12.9. The van der Waals surface area contributed by atoms with Crippen LogP contribution in [0.5, 0.6) is 0 Å². The summed E-state index contributed by atoms with van der Waals surface area (Å²) in [5, 5.41) is 13.9. The SMILES string of the molecule is CC(C)(C)OC(=O)N1CCN(c2ccncc2NC(=O)c2nc(-c3ccccc3)cs2)CC1.O=C(Nc1cnccc1N1CCNCC1)c1nc(-c2ccccc2)cs1. The number of benzene rings is 2. The molecule has 304 valence electrons. The van der Waals surface area contributed by atoms with E-state index in [0.29, 0.717) is 41.9 Å². The van der Waals surface area contributed by atoms with Gasteiger partial charge in [-0.3, -0.25) is 19.6 Å². The van der Waals surface area contributed by atoms with Gasteiger partial charge in [-0.25, -0.2) is 14.8 Å². The molecule has 6 heterocycles. The predicted molar refractivity (Wildman–Crippen MR) is 235 cm³/mol. The Kier molecular flexibility index (Phi) is 13.2. The number of carbonyl (C=O) groups is 3. The second-order valence-corrected chi connectivity index (χ2v) is 16.4. The lowest BCUT2D eigenvalue weighted by atomic mass is 10.2. The van der Waals surface area contributed by atoms with Crippen LogP contribution in [0.4, 0.5) is 27.5 Å². The molecule has 3 amide bonds. The summed E-state index contributed by atoms with van der Waals surface area (Å²) in [4.78, 5) is 61.3. The summed E-state index contributed by atoms with van der Waals surface area (Å²) < 4.78 is 5.47. The summed E-state index contributed by atoms with van der Waals surface area (Å²) >= 11 is 2.65. The number of aromatic nitrogens is 4. The topological polar surface area (TPSA) is 158 Å². The molecule has 4 aromatic heterocycles. The molecule has 0 aliphatic carbocycles. The Morgan fingerprint density at radius 2 is 1.10 bits per heavy atom. The number of hydrogen-bond donors (Lipinski definition) is 3. The minimum Gasteiger partial charge on any atom is -0.444 e. The zero-order chi connectivity index (χ0) is 41.2. The smallest absolute Gasteiger partial charge is 0.410 e. The largest absolute Gasteiger partial charge is 0.444 e. The highest BCUT2D eigenvalue weighted by Gasteiger charge is 2.27. The molecule has 16 heteroatoms. The molecule has 2 aromatic carbocycles. The molecule has 0 saturated carbocycles. The van der Waals surface area contributed by atoms with Crippen molar-refractivity contribution in [3.05, 3.63) is 118 Å². The number of piperazine rings is 2. The first-order valence-electron chi connectivity index (χ1n) is 19.3. The monoisotopic (exact) mass is 830 g/mol. The molecule has 14 nitrogen and oxygen atoms in total. The van der Waals surface area contributed by atoms with Gasteiger partial charge in [-0.05, 0) is 32.9 Å². The number of carbonyl (C=O) groups excluding carboxylic acids is 3. The molecule has 2 saturated heterocycles. The van der Waals surface area contributed by atoms with Crippen molar-refractivity contribution in [2.75, 3.05) is 72.8 Å². The van der Waals surface area contributed by atoms with Crippen LogP contribution in [-0.2, 0) is 4.74 Å². The molecular formula is C43H46N10O4S2. The summed E-state index contributed by atoms with van der Waals surface area (Å²) in [5.41, 5.74) is 6.23. The first kappa shape index (κ1) is 40.9. The third-order valence-corrected chi connectivity index (χ3v) is 11.0. The predicted octanol–water partition coefficient (Wildman–Crippen LogP) is 7.38. The van der Waals surface area contributed by atoms with Crippen molar-refractivity contribution in [2.24, 2.45) is 0 Å². The Hall–Kier alpha value is -6.23. The number of pyridine rings is 2. The van der Waals surface area contributed by atoms with Gasteiger partial charge in [0.1, 0.15) is 5.60 Å². The van der Waals surface area contributed by atoms with Crippen LogP contribution >= 0.6 is 22.7 Å². The lowest BCUT2D eigenvalue weighted by molar-refractivity contribution is 0.0240. The summed E-state index contributed by atoms with van der Waals surface area (Å²) in [5.74, 6) is -0.481. The van der Waals surface area contributed by atoms with Gasteiger partial charge in [0.2, 0.25) is 0 Å². The fourth-order valence-corrected chi connectivity index (χ4v) is 7.91. The van der Waals surface area contributed by atoms with Crippen molar-refractivity contribution < 1.29 is 19.1 Å². The summed E-state index contributed by atoms with van der Waals surface area (Å²) in [6.07, 6.45) is 6.48. The Balaban J connectivity index is 0.000000184. The van der Waals surface area contributed by atoms with Gasteiger partial charge in [-0.1, -0.05) is 60.7 Å². The minimum atomic E-state index is -0.521. The lowest BCUT2D eigenvalue weighted by Gasteiger charge is -2.37. The Bertz CT molecular complexity index is 2340. The molecule has 2 aliphatic heterocycles. The highest BCUT2D eigenvalue weighted by Crippen LogP contribution is 2.29. The van der Waals surface area contributed by atoms with Gasteiger partial charge in [0, 0.05) is 86.6 Å². The molecule has 2 fully saturated rings. The third kappa shape index (κ3) is 10.8. The van der Waals surface area contributed by atoms with E-state index in [0.717, 1.165) is 65.8 Å². The lowest BCUT2D eigenvalue weighted by Crippen LogP contribution is -2.50. The molecule has 3 N–H and O–H groups in total. The van der Waals surface area contributed by atoms with Crippen molar-refractivity contribution in [3.8, 4) is 22.5 Å².